The third-order valence-corrected chi connectivity index (χ3v) is 5.02. The van der Waals surface area contributed by atoms with E-state index in [9.17, 15) is 4.79 Å². The van der Waals surface area contributed by atoms with Crippen LogP contribution in [-0.4, -0.2) is 38.4 Å². The smallest absolute Gasteiger partial charge is 0.230 e. The Kier molecular flexibility index (Phi) is 4.88. The molecule has 0 saturated heterocycles. The van der Waals surface area contributed by atoms with Crippen LogP contribution >= 0.6 is 11.8 Å². The Labute approximate surface area is 159 Å². The van der Waals surface area contributed by atoms with E-state index in [1.165, 1.54) is 11.8 Å². The Balaban J connectivity index is 1.44. The molecule has 0 bridgehead atoms. The van der Waals surface area contributed by atoms with E-state index in [-0.39, 0.29) is 11.7 Å². The summed E-state index contributed by atoms with van der Waals surface area (Å²) in [7, 11) is 1.62. The Morgan fingerprint density at radius 3 is 3.00 bits per heavy atom. The minimum absolute atomic E-state index is 0.0737. The Morgan fingerprint density at radius 2 is 2.11 bits per heavy atom. The molecule has 4 rings (SSSR count). The van der Waals surface area contributed by atoms with E-state index in [0.717, 1.165) is 22.3 Å². The number of hydrogen-bond acceptors (Lipinski definition) is 6. The molecule has 1 N–H and O–H groups in total. The van der Waals surface area contributed by atoms with Gasteiger partial charge in [0.2, 0.25) is 5.91 Å². The molecule has 0 fully saturated rings. The topological polar surface area (TPSA) is 81.4 Å². The van der Waals surface area contributed by atoms with Crippen molar-refractivity contribution >= 4 is 34.3 Å². The molecule has 1 amide bonds. The summed E-state index contributed by atoms with van der Waals surface area (Å²) in [6.45, 7) is 0.447. The first-order valence-corrected chi connectivity index (χ1v) is 9.34. The van der Waals surface area contributed by atoms with Crippen LogP contribution in [-0.2, 0) is 11.3 Å². The van der Waals surface area contributed by atoms with Gasteiger partial charge in [0.05, 0.1) is 23.9 Å². The lowest BCUT2D eigenvalue weighted by atomic mass is 10.2. The lowest BCUT2D eigenvalue weighted by Gasteiger charge is -2.08. The van der Waals surface area contributed by atoms with Gasteiger partial charge in [-0.1, -0.05) is 36.0 Å². The molecular weight excluding hydrogens is 362 g/mol. The van der Waals surface area contributed by atoms with Gasteiger partial charge in [0.15, 0.2) is 5.65 Å². The lowest BCUT2D eigenvalue weighted by molar-refractivity contribution is -0.118. The quantitative estimate of drug-likeness (QED) is 0.519. The van der Waals surface area contributed by atoms with Crippen LogP contribution < -0.4 is 10.1 Å². The van der Waals surface area contributed by atoms with E-state index in [0.29, 0.717) is 17.2 Å². The van der Waals surface area contributed by atoms with Gasteiger partial charge in [-0.3, -0.25) is 9.20 Å². The fourth-order valence-electron chi connectivity index (χ4n) is 2.74. The number of benzene rings is 2. The highest BCUT2D eigenvalue weighted by atomic mass is 32.2. The van der Waals surface area contributed by atoms with Gasteiger partial charge in [-0.2, -0.15) is 0 Å². The van der Waals surface area contributed by atoms with Crippen molar-refractivity contribution in [2.75, 3.05) is 12.9 Å². The molecule has 0 aliphatic carbocycles. The Bertz CT molecular complexity index is 1110. The van der Waals surface area contributed by atoms with Crippen LogP contribution in [0.2, 0.25) is 0 Å². The molecule has 0 spiro atoms. The van der Waals surface area contributed by atoms with Crippen molar-refractivity contribution in [1.82, 2.24) is 24.9 Å². The van der Waals surface area contributed by atoms with Gasteiger partial charge < -0.3 is 10.1 Å². The van der Waals surface area contributed by atoms with Gasteiger partial charge in [0.25, 0.3) is 0 Å². The molecule has 0 aliphatic rings. The van der Waals surface area contributed by atoms with Crippen LogP contribution in [0, 0.1) is 0 Å². The number of fused-ring (bicyclic) bond motifs is 3. The maximum atomic E-state index is 12.2. The Hall–Kier alpha value is -3.13. The van der Waals surface area contributed by atoms with E-state index in [1.54, 1.807) is 13.4 Å². The van der Waals surface area contributed by atoms with Crippen molar-refractivity contribution in [3.63, 3.8) is 0 Å². The normalized spacial score (nSPS) is 11.0. The fraction of sp³-hybridized carbons (Fsp3) is 0.158. The molecule has 0 atom stereocenters. The highest BCUT2D eigenvalue weighted by Crippen LogP contribution is 2.24. The molecule has 8 heteroatoms. The highest BCUT2D eigenvalue weighted by Gasteiger charge is 2.12. The second-order valence-corrected chi connectivity index (χ2v) is 6.81. The molecule has 136 valence electrons. The van der Waals surface area contributed by atoms with Crippen molar-refractivity contribution in [3.05, 3.63) is 60.4 Å². The fourth-order valence-corrected chi connectivity index (χ4v) is 3.54. The number of para-hydroxylation sites is 2. The summed E-state index contributed by atoms with van der Waals surface area (Å²) in [4.78, 5) is 16.9. The van der Waals surface area contributed by atoms with Crippen LogP contribution in [0.4, 0.5) is 0 Å². The standard InChI is InChI=1S/C19H17N5O2S/c1-26-14-6-4-5-13(9-14)10-20-17(25)11-27-19-18-23-21-12-24(18)16-8-3-2-7-15(16)22-19/h2-9,12H,10-11H2,1H3,(H,20,25). The molecule has 0 aliphatic heterocycles. The van der Waals surface area contributed by atoms with Crippen molar-refractivity contribution < 1.29 is 9.53 Å². The number of amides is 1. The molecule has 2 aromatic carbocycles. The number of nitrogens with one attached hydrogen (secondary N) is 1. The zero-order chi connectivity index (χ0) is 18.6. The third kappa shape index (κ3) is 3.70. The predicted octanol–water partition coefficient (Wildman–Crippen LogP) is 2.69. The summed E-state index contributed by atoms with van der Waals surface area (Å²) in [5.41, 5.74) is 3.41. The van der Waals surface area contributed by atoms with Gasteiger partial charge in [-0.15, -0.1) is 10.2 Å². The number of aromatic nitrogens is 4. The summed E-state index contributed by atoms with van der Waals surface area (Å²) in [6.07, 6.45) is 1.66. The molecular formula is C19H17N5O2S. The van der Waals surface area contributed by atoms with E-state index in [1.807, 2.05) is 52.9 Å². The van der Waals surface area contributed by atoms with Crippen molar-refractivity contribution in [2.24, 2.45) is 0 Å². The zero-order valence-corrected chi connectivity index (χ0v) is 15.4. The number of nitrogens with zero attached hydrogens (tertiary/aromatic N) is 4. The SMILES string of the molecule is COc1cccc(CNC(=O)CSc2nc3ccccc3n3cnnc23)c1. The summed E-state index contributed by atoms with van der Waals surface area (Å²) in [6, 6.07) is 15.4. The average molecular weight is 379 g/mol. The molecule has 2 aromatic heterocycles. The van der Waals surface area contributed by atoms with Crippen LogP contribution in [0.25, 0.3) is 16.7 Å². The van der Waals surface area contributed by atoms with Crippen molar-refractivity contribution in [1.29, 1.82) is 0 Å². The molecule has 0 unspecified atom stereocenters. The monoisotopic (exact) mass is 379 g/mol. The number of carbonyl (C=O) groups excluding carboxylic acids is 1. The maximum absolute atomic E-state index is 12.2. The van der Waals surface area contributed by atoms with Crippen molar-refractivity contribution in [2.45, 2.75) is 11.6 Å². The predicted molar refractivity (Wildman–Crippen MR) is 104 cm³/mol. The van der Waals surface area contributed by atoms with E-state index in [2.05, 4.69) is 20.5 Å². The number of rotatable bonds is 6. The average Bonchev–Trinajstić information content (AvgIpc) is 3.21. The summed E-state index contributed by atoms with van der Waals surface area (Å²) in [5.74, 6) is 0.943. The summed E-state index contributed by atoms with van der Waals surface area (Å²) >= 11 is 1.35. The van der Waals surface area contributed by atoms with Gasteiger partial charge in [-0.05, 0) is 29.8 Å². The van der Waals surface area contributed by atoms with E-state index >= 15 is 0 Å². The molecule has 7 nitrogen and oxygen atoms in total. The first-order valence-electron chi connectivity index (χ1n) is 8.35. The van der Waals surface area contributed by atoms with Gasteiger partial charge in [-0.25, -0.2) is 4.98 Å². The van der Waals surface area contributed by atoms with Crippen LogP contribution in [0.5, 0.6) is 5.75 Å². The third-order valence-electron chi connectivity index (χ3n) is 4.07. The van der Waals surface area contributed by atoms with Crippen LogP contribution in [0.3, 0.4) is 0 Å². The summed E-state index contributed by atoms with van der Waals surface area (Å²) < 4.78 is 7.08. The molecule has 27 heavy (non-hydrogen) atoms. The molecule has 0 radical (unpaired) electrons. The number of hydrogen-bond donors (Lipinski definition) is 1. The number of methoxy groups -OCH3 is 1. The second-order valence-electron chi connectivity index (χ2n) is 5.85. The van der Waals surface area contributed by atoms with Gasteiger partial charge in [0, 0.05) is 6.54 Å². The maximum Gasteiger partial charge on any atom is 0.230 e. The Morgan fingerprint density at radius 1 is 1.22 bits per heavy atom. The number of ether oxygens (including phenoxy) is 1. The summed E-state index contributed by atoms with van der Waals surface area (Å²) in [5, 5.41) is 11.7. The number of carbonyl (C=O) groups is 1. The first kappa shape index (κ1) is 17.3. The van der Waals surface area contributed by atoms with Crippen LogP contribution in [0.1, 0.15) is 5.56 Å². The van der Waals surface area contributed by atoms with E-state index < -0.39 is 0 Å². The highest BCUT2D eigenvalue weighted by molar-refractivity contribution is 8.00. The van der Waals surface area contributed by atoms with E-state index in [4.69, 9.17) is 4.74 Å². The first-order chi connectivity index (χ1) is 13.2. The van der Waals surface area contributed by atoms with Gasteiger partial charge in [0.1, 0.15) is 17.1 Å². The van der Waals surface area contributed by atoms with Crippen LogP contribution in [0.15, 0.2) is 59.9 Å². The van der Waals surface area contributed by atoms with Gasteiger partial charge >= 0.3 is 0 Å². The lowest BCUT2D eigenvalue weighted by Crippen LogP contribution is -2.24. The minimum Gasteiger partial charge on any atom is -0.497 e. The molecule has 2 heterocycles. The molecule has 4 aromatic rings. The number of thioether (sulfide) groups is 1. The van der Waals surface area contributed by atoms with Crippen molar-refractivity contribution in [3.8, 4) is 5.75 Å². The second kappa shape index (κ2) is 7.63. The molecule has 0 saturated carbocycles. The zero-order valence-electron chi connectivity index (χ0n) is 14.6. The minimum atomic E-state index is -0.0737. The largest absolute Gasteiger partial charge is 0.497 e.